The molecule has 0 aromatic carbocycles. The number of thioether (sulfide) groups is 1. The lowest BCUT2D eigenvalue weighted by atomic mass is 10.4. The summed E-state index contributed by atoms with van der Waals surface area (Å²) in [7, 11) is 0. The van der Waals surface area contributed by atoms with Crippen molar-refractivity contribution in [2.45, 2.75) is 24.9 Å². The summed E-state index contributed by atoms with van der Waals surface area (Å²) < 4.78 is 0. The summed E-state index contributed by atoms with van der Waals surface area (Å²) in [5.74, 6) is 0.355. The smallest absolute Gasteiger partial charge is 0.162 e. The Morgan fingerprint density at radius 3 is 2.67 bits per heavy atom. The molecule has 0 amide bonds. The molecule has 4 nitrogen and oxygen atoms in total. The Morgan fingerprint density at radius 2 is 2.13 bits per heavy atom. The highest BCUT2D eigenvalue weighted by Crippen LogP contribution is 2.22. The van der Waals surface area contributed by atoms with Crippen molar-refractivity contribution in [3.8, 4) is 0 Å². The summed E-state index contributed by atoms with van der Waals surface area (Å²) >= 11 is 7.32. The van der Waals surface area contributed by atoms with Crippen molar-refractivity contribution in [2.24, 2.45) is 4.99 Å². The second-order valence-electron chi connectivity index (χ2n) is 3.17. The average Bonchev–Trinajstić information content (AvgIpc) is 2.18. The van der Waals surface area contributed by atoms with E-state index in [2.05, 4.69) is 15.0 Å². The summed E-state index contributed by atoms with van der Waals surface area (Å²) in [6.45, 7) is 3.94. The molecular weight excluding hydrogens is 232 g/mol. The second-order valence-corrected chi connectivity index (χ2v) is 4.32. The molecule has 0 saturated carbocycles. The first-order valence-corrected chi connectivity index (χ1v) is 6.05. The molecule has 0 aliphatic heterocycles. The second kappa shape index (κ2) is 5.32. The highest BCUT2D eigenvalue weighted by atomic mass is 35.5. The minimum Gasteiger partial charge on any atom is -0.382 e. The van der Waals surface area contributed by atoms with Gasteiger partial charge in [-0.15, -0.1) is 11.8 Å². The highest BCUT2D eigenvalue weighted by Gasteiger charge is 2.07. The van der Waals surface area contributed by atoms with Gasteiger partial charge in [-0.3, -0.25) is 4.99 Å². The molecular formula is C9H13ClN4S. The van der Waals surface area contributed by atoms with E-state index in [0.717, 1.165) is 0 Å². The lowest BCUT2D eigenvalue weighted by molar-refractivity contribution is 0.840. The zero-order valence-electron chi connectivity index (χ0n) is 8.86. The van der Waals surface area contributed by atoms with Crippen molar-refractivity contribution in [3.05, 3.63) is 10.8 Å². The van der Waals surface area contributed by atoms with Gasteiger partial charge >= 0.3 is 0 Å². The third kappa shape index (κ3) is 3.35. The van der Waals surface area contributed by atoms with E-state index >= 15 is 0 Å². The van der Waals surface area contributed by atoms with Gasteiger partial charge < -0.3 is 5.73 Å². The molecule has 0 spiro atoms. The Labute approximate surface area is 98.4 Å². The lowest BCUT2D eigenvalue weighted by Gasteiger charge is -2.03. The molecule has 0 aliphatic carbocycles. The molecule has 0 saturated heterocycles. The van der Waals surface area contributed by atoms with E-state index < -0.39 is 0 Å². The van der Waals surface area contributed by atoms with Gasteiger partial charge in [0.15, 0.2) is 11.0 Å². The van der Waals surface area contributed by atoms with Crippen LogP contribution in [0.4, 0.5) is 5.82 Å². The minimum atomic E-state index is 0.199. The van der Waals surface area contributed by atoms with Crippen molar-refractivity contribution < 1.29 is 0 Å². The van der Waals surface area contributed by atoms with Gasteiger partial charge in [0.1, 0.15) is 10.7 Å². The fraction of sp³-hybridized carbons (Fsp3) is 0.444. The standard InChI is InChI=1S/C9H13ClN4S/c1-5(2)12-4-6-8(11)14-9(15-3)7(10)13-6/h4-5H,1-3H3,(H2,11,14). The molecule has 0 bridgehead atoms. The number of anilines is 1. The molecule has 0 atom stereocenters. The largest absolute Gasteiger partial charge is 0.382 e. The normalized spacial score (nSPS) is 11.5. The number of hydrogen-bond acceptors (Lipinski definition) is 5. The SMILES string of the molecule is CSc1nc(N)c(C=NC(C)C)nc1Cl. The van der Waals surface area contributed by atoms with E-state index in [1.165, 1.54) is 11.8 Å². The van der Waals surface area contributed by atoms with Crippen LogP contribution in [0.5, 0.6) is 0 Å². The summed E-state index contributed by atoms with van der Waals surface area (Å²) in [6, 6.07) is 0.199. The van der Waals surface area contributed by atoms with Gasteiger partial charge in [-0.1, -0.05) is 11.6 Å². The molecule has 15 heavy (non-hydrogen) atoms. The first-order valence-electron chi connectivity index (χ1n) is 4.44. The summed E-state index contributed by atoms with van der Waals surface area (Å²) in [6.07, 6.45) is 3.47. The van der Waals surface area contributed by atoms with E-state index in [1.807, 2.05) is 20.1 Å². The van der Waals surface area contributed by atoms with Crippen LogP contribution < -0.4 is 5.73 Å². The number of halogens is 1. The van der Waals surface area contributed by atoms with Crippen LogP contribution in [0, 0.1) is 0 Å². The fourth-order valence-electron chi connectivity index (χ4n) is 0.868. The quantitative estimate of drug-likeness (QED) is 0.654. The first kappa shape index (κ1) is 12.3. The van der Waals surface area contributed by atoms with Gasteiger partial charge in [0.05, 0.1) is 6.21 Å². The summed E-state index contributed by atoms with van der Waals surface area (Å²) in [5, 5.41) is 0.998. The highest BCUT2D eigenvalue weighted by molar-refractivity contribution is 7.98. The van der Waals surface area contributed by atoms with E-state index in [0.29, 0.717) is 21.7 Å². The molecule has 1 rings (SSSR count). The van der Waals surface area contributed by atoms with E-state index in [1.54, 1.807) is 6.21 Å². The van der Waals surface area contributed by atoms with Crippen molar-refractivity contribution in [2.75, 3.05) is 12.0 Å². The maximum atomic E-state index is 5.91. The van der Waals surface area contributed by atoms with Crippen molar-refractivity contribution in [1.29, 1.82) is 0 Å². The molecule has 1 heterocycles. The molecule has 0 unspecified atom stereocenters. The molecule has 6 heteroatoms. The maximum absolute atomic E-state index is 5.91. The van der Waals surface area contributed by atoms with Crippen LogP contribution in [-0.2, 0) is 0 Å². The molecule has 0 radical (unpaired) electrons. The number of nitrogens with zero attached hydrogens (tertiary/aromatic N) is 3. The van der Waals surface area contributed by atoms with Gasteiger partial charge in [0, 0.05) is 6.04 Å². The maximum Gasteiger partial charge on any atom is 0.162 e. The predicted octanol–water partition coefficient (Wildman–Crippen LogP) is 2.26. The van der Waals surface area contributed by atoms with Gasteiger partial charge in [-0.2, -0.15) is 0 Å². The van der Waals surface area contributed by atoms with Crippen molar-refractivity contribution in [1.82, 2.24) is 9.97 Å². The van der Waals surface area contributed by atoms with Crippen LogP contribution in [0.2, 0.25) is 5.15 Å². The number of aromatic nitrogens is 2. The third-order valence-corrected chi connectivity index (χ3v) is 2.61. The summed E-state index contributed by atoms with van der Waals surface area (Å²) in [4.78, 5) is 12.4. The Kier molecular flexibility index (Phi) is 4.35. The van der Waals surface area contributed by atoms with Gasteiger partial charge in [-0.05, 0) is 20.1 Å². The third-order valence-electron chi connectivity index (χ3n) is 1.57. The molecule has 2 N–H and O–H groups in total. The van der Waals surface area contributed by atoms with E-state index in [4.69, 9.17) is 17.3 Å². The van der Waals surface area contributed by atoms with Crippen LogP contribution in [0.3, 0.4) is 0 Å². The number of aliphatic imine (C=N–C) groups is 1. The Morgan fingerprint density at radius 1 is 1.47 bits per heavy atom. The molecule has 1 aromatic rings. The van der Waals surface area contributed by atoms with E-state index in [-0.39, 0.29) is 6.04 Å². The van der Waals surface area contributed by atoms with Gasteiger partial charge in [0.2, 0.25) is 0 Å². The molecule has 1 aromatic heterocycles. The summed E-state index contributed by atoms with van der Waals surface area (Å²) in [5.41, 5.74) is 6.24. The Balaban J connectivity index is 3.05. The van der Waals surface area contributed by atoms with E-state index in [9.17, 15) is 0 Å². The number of nitrogens with two attached hydrogens (primary N) is 1. The van der Waals surface area contributed by atoms with Crippen molar-refractivity contribution >= 4 is 35.4 Å². The van der Waals surface area contributed by atoms with Crippen LogP contribution in [-0.4, -0.2) is 28.5 Å². The average molecular weight is 245 g/mol. The number of nitrogen functional groups attached to an aromatic ring is 1. The lowest BCUT2D eigenvalue weighted by Crippen LogP contribution is -2.03. The Hall–Kier alpha value is -0.810. The minimum absolute atomic E-state index is 0.199. The van der Waals surface area contributed by atoms with Crippen LogP contribution >= 0.6 is 23.4 Å². The topological polar surface area (TPSA) is 64.2 Å². The number of rotatable bonds is 3. The molecule has 82 valence electrons. The molecule has 0 fully saturated rings. The zero-order chi connectivity index (χ0) is 11.4. The monoisotopic (exact) mass is 244 g/mol. The molecule has 0 aliphatic rings. The van der Waals surface area contributed by atoms with Crippen LogP contribution in [0.25, 0.3) is 0 Å². The number of hydrogen-bond donors (Lipinski definition) is 1. The predicted molar refractivity (Wildman–Crippen MR) is 66.0 cm³/mol. The van der Waals surface area contributed by atoms with Crippen LogP contribution in [0.1, 0.15) is 19.5 Å². The van der Waals surface area contributed by atoms with Crippen LogP contribution in [0.15, 0.2) is 10.0 Å². The zero-order valence-corrected chi connectivity index (χ0v) is 10.4. The van der Waals surface area contributed by atoms with Crippen molar-refractivity contribution in [3.63, 3.8) is 0 Å². The first-order chi connectivity index (χ1) is 7.04. The Bertz CT molecular complexity index is 379. The van der Waals surface area contributed by atoms with Gasteiger partial charge in [0.25, 0.3) is 0 Å². The van der Waals surface area contributed by atoms with Gasteiger partial charge in [-0.25, -0.2) is 9.97 Å². The fourth-order valence-corrected chi connectivity index (χ4v) is 1.64.